The number of esters is 1. The fourth-order valence-corrected chi connectivity index (χ4v) is 3.45. The molecule has 0 bridgehead atoms. The van der Waals surface area contributed by atoms with Gasteiger partial charge in [0.2, 0.25) is 0 Å². The molecule has 1 rings (SSSR count). The summed E-state index contributed by atoms with van der Waals surface area (Å²) in [6.07, 6.45) is 0.757. The Kier molecular flexibility index (Phi) is 5.90. The highest BCUT2D eigenvalue weighted by Gasteiger charge is 2.20. The molecule has 0 radical (unpaired) electrons. The number of carbonyl (C=O) groups is 1. The van der Waals surface area contributed by atoms with E-state index in [1.54, 1.807) is 0 Å². The summed E-state index contributed by atoms with van der Waals surface area (Å²) in [4.78, 5) is 16.2. The minimum absolute atomic E-state index is 0.00498. The van der Waals surface area contributed by atoms with Crippen molar-refractivity contribution in [2.24, 2.45) is 0 Å². The fourth-order valence-electron chi connectivity index (χ4n) is 1.46. The first-order valence-corrected chi connectivity index (χ1v) is 8.33. The van der Waals surface area contributed by atoms with Crippen LogP contribution in [0.1, 0.15) is 23.9 Å². The lowest BCUT2D eigenvalue weighted by Gasteiger charge is -2.16. The van der Waals surface area contributed by atoms with Gasteiger partial charge in [0.1, 0.15) is 0 Å². The molecule has 0 aromatic carbocycles. The molecule has 0 saturated carbocycles. The van der Waals surface area contributed by atoms with Gasteiger partial charge < -0.3 is 4.74 Å². The zero-order chi connectivity index (χ0) is 15.3. The number of ether oxygens (including phenoxy) is 1. The molecule has 7 nitrogen and oxygen atoms in total. The van der Waals surface area contributed by atoms with E-state index >= 15 is 0 Å². The van der Waals surface area contributed by atoms with E-state index in [2.05, 4.69) is 14.4 Å². The lowest BCUT2D eigenvalue weighted by atomic mass is 10.3. The van der Waals surface area contributed by atoms with Gasteiger partial charge in [-0.25, -0.2) is 9.71 Å². The maximum absolute atomic E-state index is 12.0. The van der Waals surface area contributed by atoms with E-state index in [1.807, 2.05) is 13.8 Å². The Morgan fingerprint density at radius 1 is 1.50 bits per heavy atom. The van der Waals surface area contributed by atoms with E-state index in [4.69, 9.17) is 0 Å². The van der Waals surface area contributed by atoms with Gasteiger partial charge in [0.15, 0.2) is 5.13 Å². The molecule has 0 aliphatic heterocycles. The van der Waals surface area contributed by atoms with Crippen molar-refractivity contribution in [1.82, 2.24) is 9.29 Å². The van der Waals surface area contributed by atoms with E-state index in [9.17, 15) is 13.2 Å². The molecule has 1 N–H and O–H groups in total. The average molecular weight is 321 g/mol. The number of aryl methyl sites for hydroxylation is 2. The standard InChI is InChI=1S/C11H19N3O4S2/c1-5-9-8(2)19-11(12-9)13-20(16,17)14(3)7-6-10(15)18-4/h5-7H2,1-4H3,(H,12,13). The van der Waals surface area contributed by atoms with Crippen LogP contribution in [0.4, 0.5) is 5.13 Å². The molecule has 1 heterocycles. The van der Waals surface area contributed by atoms with Crippen LogP contribution in [0.25, 0.3) is 0 Å². The zero-order valence-electron chi connectivity index (χ0n) is 12.0. The molecular formula is C11H19N3O4S2. The molecule has 0 atom stereocenters. The van der Waals surface area contributed by atoms with E-state index in [-0.39, 0.29) is 13.0 Å². The summed E-state index contributed by atoms with van der Waals surface area (Å²) < 4.78 is 32.0. The van der Waals surface area contributed by atoms with E-state index in [0.717, 1.165) is 21.3 Å². The number of hydrogen-bond acceptors (Lipinski definition) is 6. The van der Waals surface area contributed by atoms with Gasteiger partial charge in [0.25, 0.3) is 0 Å². The Balaban J connectivity index is 2.70. The largest absolute Gasteiger partial charge is 0.469 e. The van der Waals surface area contributed by atoms with E-state index in [1.165, 1.54) is 25.5 Å². The number of carbonyl (C=O) groups excluding carboxylic acids is 1. The summed E-state index contributed by atoms with van der Waals surface area (Å²) in [5.74, 6) is -0.453. The molecule has 0 amide bonds. The number of rotatable bonds is 7. The van der Waals surface area contributed by atoms with Crippen molar-refractivity contribution < 1.29 is 17.9 Å². The van der Waals surface area contributed by atoms with E-state index in [0.29, 0.717) is 5.13 Å². The number of hydrogen-bond donors (Lipinski definition) is 1. The fraction of sp³-hybridized carbons (Fsp3) is 0.636. The van der Waals surface area contributed by atoms with Gasteiger partial charge in [-0.3, -0.25) is 4.79 Å². The Morgan fingerprint density at radius 2 is 2.15 bits per heavy atom. The second kappa shape index (κ2) is 7.00. The van der Waals surface area contributed by atoms with E-state index < -0.39 is 16.2 Å². The Morgan fingerprint density at radius 3 is 2.65 bits per heavy atom. The molecule has 1 aromatic heterocycles. The van der Waals surface area contributed by atoms with Crippen LogP contribution in [0.15, 0.2) is 0 Å². The molecular weight excluding hydrogens is 302 g/mol. The molecule has 0 saturated heterocycles. The minimum atomic E-state index is -3.71. The number of methoxy groups -OCH3 is 1. The second-order valence-corrected chi connectivity index (χ2v) is 7.11. The summed E-state index contributed by atoms with van der Waals surface area (Å²) in [5.41, 5.74) is 0.880. The molecule has 0 spiro atoms. The summed E-state index contributed by atoms with van der Waals surface area (Å²) in [6.45, 7) is 3.91. The number of anilines is 1. The van der Waals surface area contributed by atoms with Crippen LogP contribution in [0.3, 0.4) is 0 Å². The first-order chi connectivity index (χ1) is 9.30. The van der Waals surface area contributed by atoms with Gasteiger partial charge >= 0.3 is 16.2 Å². The lowest BCUT2D eigenvalue weighted by molar-refractivity contribution is -0.140. The van der Waals surface area contributed by atoms with Crippen molar-refractivity contribution in [1.29, 1.82) is 0 Å². The van der Waals surface area contributed by atoms with Gasteiger partial charge in [-0.15, -0.1) is 11.3 Å². The SMILES string of the molecule is CCc1nc(NS(=O)(=O)N(C)CCC(=O)OC)sc1C. The number of nitrogens with one attached hydrogen (secondary N) is 1. The molecule has 0 aliphatic carbocycles. The summed E-state index contributed by atoms with van der Waals surface area (Å²) in [5, 5.41) is 0.337. The summed E-state index contributed by atoms with van der Waals surface area (Å²) in [7, 11) is -1.05. The third kappa shape index (κ3) is 4.43. The molecule has 9 heteroatoms. The van der Waals surface area contributed by atoms with Gasteiger partial charge in [-0.2, -0.15) is 12.7 Å². The van der Waals surface area contributed by atoms with Gasteiger partial charge in [0, 0.05) is 18.5 Å². The third-order valence-corrected chi connectivity index (χ3v) is 5.22. The van der Waals surface area contributed by atoms with Crippen LogP contribution in [0.2, 0.25) is 0 Å². The number of aromatic nitrogens is 1. The zero-order valence-corrected chi connectivity index (χ0v) is 13.6. The highest BCUT2D eigenvalue weighted by molar-refractivity contribution is 7.90. The topological polar surface area (TPSA) is 88.6 Å². The average Bonchev–Trinajstić information content (AvgIpc) is 2.74. The van der Waals surface area contributed by atoms with Crippen LogP contribution in [0, 0.1) is 6.92 Å². The van der Waals surface area contributed by atoms with Crippen molar-refractivity contribution in [3.05, 3.63) is 10.6 Å². The van der Waals surface area contributed by atoms with Crippen molar-refractivity contribution in [2.75, 3.05) is 25.4 Å². The summed E-state index contributed by atoms with van der Waals surface area (Å²) >= 11 is 1.29. The van der Waals surface area contributed by atoms with Crippen LogP contribution in [0.5, 0.6) is 0 Å². The number of thiazole rings is 1. The second-order valence-electron chi connectivity index (χ2n) is 4.13. The Bertz CT molecular complexity index is 568. The maximum Gasteiger partial charge on any atom is 0.306 e. The highest BCUT2D eigenvalue weighted by Crippen LogP contribution is 2.23. The van der Waals surface area contributed by atoms with Crippen LogP contribution >= 0.6 is 11.3 Å². The quantitative estimate of drug-likeness (QED) is 0.761. The predicted molar refractivity (Wildman–Crippen MR) is 78.0 cm³/mol. The normalized spacial score (nSPS) is 11.7. The highest BCUT2D eigenvalue weighted by atomic mass is 32.2. The van der Waals surface area contributed by atoms with Crippen molar-refractivity contribution in [2.45, 2.75) is 26.7 Å². The smallest absolute Gasteiger partial charge is 0.306 e. The first-order valence-electron chi connectivity index (χ1n) is 6.07. The van der Waals surface area contributed by atoms with Gasteiger partial charge in [-0.1, -0.05) is 6.92 Å². The Hall–Kier alpha value is -1.19. The number of nitrogens with zero attached hydrogens (tertiary/aromatic N) is 2. The molecule has 0 fully saturated rings. The summed E-state index contributed by atoms with van der Waals surface area (Å²) in [6, 6.07) is 0. The van der Waals surface area contributed by atoms with Crippen LogP contribution in [-0.4, -0.2) is 44.4 Å². The first kappa shape index (κ1) is 16.9. The van der Waals surface area contributed by atoms with Crippen molar-refractivity contribution in [3.8, 4) is 0 Å². The molecule has 20 heavy (non-hydrogen) atoms. The molecule has 0 aliphatic rings. The monoisotopic (exact) mass is 321 g/mol. The van der Waals surface area contributed by atoms with Crippen molar-refractivity contribution >= 4 is 32.6 Å². The third-order valence-electron chi connectivity index (χ3n) is 2.71. The van der Waals surface area contributed by atoms with Gasteiger partial charge in [-0.05, 0) is 13.3 Å². The molecule has 0 unspecified atom stereocenters. The van der Waals surface area contributed by atoms with Crippen LogP contribution in [-0.2, 0) is 26.2 Å². The Labute approximate surface area is 123 Å². The molecule has 114 valence electrons. The predicted octanol–water partition coefficient (Wildman–Crippen LogP) is 1.17. The maximum atomic E-state index is 12.0. The van der Waals surface area contributed by atoms with Crippen molar-refractivity contribution in [3.63, 3.8) is 0 Å². The molecule has 1 aromatic rings. The lowest BCUT2D eigenvalue weighted by Crippen LogP contribution is -2.34. The minimum Gasteiger partial charge on any atom is -0.469 e. The van der Waals surface area contributed by atoms with Gasteiger partial charge in [0.05, 0.1) is 19.2 Å². The van der Waals surface area contributed by atoms with Crippen LogP contribution < -0.4 is 4.72 Å².